The fourth-order valence-electron chi connectivity index (χ4n) is 2.87. The molecule has 1 amide bonds. The largest absolute Gasteiger partial charge is 0.395 e. The van der Waals surface area contributed by atoms with Crippen LogP contribution in [0.3, 0.4) is 0 Å². The summed E-state index contributed by atoms with van der Waals surface area (Å²) in [6.07, 6.45) is 0. The first-order chi connectivity index (χ1) is 12.0. The van der Waals surface area contributed by atoms with E-state index in [2.05, 4.69) is 0 Å². The van der Waals surface area contributed by atoms with Crippen LogP contribution in [0, 0.1) is 6.92 Å². The topological polar surface area (TPSA) is 62.5 Å². The van der Waals surface area contributed by atoms with Crippen molar-refractivity contribution >= 4 is 28.1 Å². The Morgan fingerprint density at radius 1 is 1.28 bits per heavy atom. The first kappa shape index (κ1) is 17.4. The molecule has 6 heteroatoms. The summed E-state index contributed by atoms with van der Waals surface area (Å²) in [5, 5.41) is 12.1. The van der Waals surface area contributed by atoms with Crippen molar-refractivity contribution in [3.8, 4) is 0 Å². The summed E-state index contributed by atoms with van der Waals surface area (Å²) in [4.78, 5) is 28.1. The van der Waals surface area contributed by atoms with E-state index < -0.39 is 0 Å². The predicted octanol–water partition coefficient (Wildman–Crippen LogP) is 2.54. The number of pyridine rings is 1. The maximum absolute atomic E-state index is 13.1. The number of carbonyl (C=O) groups excluding carboxylic acids is 1. The van der Waals surface area contributed by atoms with Crippen molar-refractivity contribution in [1.82, 2.24) is 9.47 Å². The number of aliphatic hydroxyl groups excluding tert-OH is 1. The first-order valence-electron chi connectivity index (χ1n) is 8.05. The van der Waals surface area contributed by atoms with Crippen LogP contribution in [-0.2, 0) is 13.6 Å². The van der Waals surface area contributed by atoms with Gasteiger partial charge in [-0.25, -0.2) is 0 Å². The smallest absolute Gasteiger partial charge is 0.255 e. The van der Waals surface area contributed by atoms with Gasteiger partial charge in [0.05, 0.1) is 24.2 Å². The normalized spacial score (nSPS) is 11.0. The number of hydrogen-bond donors (Lipinski definition) is 1. The molecule has 0 aliphatic rings. The average Bonchev–Trinajstić information content (AvgIpc) is 3.02. The molecule has 1 aromatic carbocycles. The highest BCUT2D eigenvalue weighted by Gasteiger charge is 2.20. The molecule has 0 atom stereocenters. The lowest BCUT2D eigenvalue weighted by atomic mass is 10.1. The Labute approximate surface area is 149 Å². The summed E-state index contributed by atoms with van der Waals surface area (Å²) < 4.78 is 1.53. The van der Waals surface area contributed by atoms with E-state index >= 15 is 0 Å². The molecule has 3 aromatic rings. The lowest BCUT2D eigenvalue weighted by Crippen LogP contribution is -2.34. The minimum absolute atomic E-state index is 0.126. The van der Waals surface area contributed by atoms with Gasteiger partial charge >= 0.3 is 0 Å². The van der Waals surface area contributed by atoms with Crippen molar-refractivity contribution in [2.45, 2.75) is 13.5 Å². The molecule has 0 spiro atoms. The molecule has 2 heterocycles. The molecule has 0 bridgehead atoms. The predicted molar refractivity (Wildman–Crippen MR) is 100 cm³/mol. The Bertz CT molecular complexity index is 974. The monoisotopic (exact) mass is 356 g/mol. The number of hydrogen-bond acceptors (Lipinski definition) is 4. The molecule has 0 saturated heterocycles. The van der Waals surface area contributed by atoms with Gasteiger partial charge in [-0.3, -0.25) is 9.59 Å². The molecule has 3 rings (SSSR count). The summed E-state index contributed by atoms with van der Waals surface area (Å²) in [5.41, 5.74) is 1.99. The molecule has 0 fully saturated rings. The highest BCUT2D eigenvalue weighted by Crippen LogP contribution is 2.22. The van der Waals surface area contributed by atoms with Gasteiger partial charge in [0.25, 0.3) is 11.5 Å². The van der Waals surface area contributed by atoms with E-state index in [0.717, 1.165) is 21.3 Å². The SMILES string of the molecule is Cc1ccsc1CN(CCO)C(=O)c1cc(=O)n(C)c2ccccc12. The molecule has 2 aromatic heterocycles. The van der Waals surface area contributed by atoms with Gasteiger partial charge in [0, 0.05) is 29.9 Å². The number of carbonyl (C=O) groups is 1. The average molecular weight is 356 g/mol. The number of fused-ring (bicyclic) bond motifs is 1. The van der Waals surface area contributed by atoms with E-state index in [1.54, 1.807) is 23.3 Å². The van der Waals surface area contributed by atoms with Crippen LogP contribution in [0.4, 0.5) is 0 Å². The maximum Gasteiger partial charge on any atom is 0.255 e. The van der Waals surface area contributed by atoms with Crippen LogP contribution in [0.25, 0.3) is 10.9 Å². The summed E-state index contributed by atoms with van der Waals surface area (Å²) in [6.45, 7) is 2.52. The van der Waals surface area contributed by atoms with Crippen LogP contribution in [0.2, 0.25) is 0 Å². The summed E-state index contributed by atoms with van der Waals surface area (Å²) >= 11 is 1.58. The Kier molecular flexibility index (Phi) is 5.01. The molecule has 0 unspecified atom stereocenters. The minimum atomic E-state index is -0.240. The Balaban J connectivity index is 2.06. The zero-order chi connectivity index (χ0) is 18.0. The van der Waals surface area contributed by atoms with Gasteiger partial charge < -0.3 is 14.6 Å². The lowest BCUT2D eigenvalue weighted by molar-refractivity contribution is 0.0711. The maximum atomic E-state index is 13.1. The van der Waals surface area contributed by atoms with Crippen molar-refractivity contribution in [3.05, 3.63) is 68.1 Å². The van der Waals surface area contributed by atoms with E-state index in [4.69, 9.17) is 0 Å². The van der Waals surface area contributed by atoms with Gasteiger partial charge in [0.2, 0.25) is 0 Å². The summed E-state index contributed by atoms with van der Waals surface area (Å²) in [7, 11) is 1.69. The second kappa shape index (κ2) is 7.21. The first-order valence-corrected chi connectivity index (χ1v) is 8.92. The number of benzene rings is 1. The van der Waals surface area contributed by atoms with Crippen molar-refractivity contribution in [3.63, 3.8) is 0 Å². The molecule has 1 N–H and O–H groups in total. The quantitative estimate of drug-likeness (QED) is 0.764. The number of nitrogens with zero attached hydrogens (tertiary/aromatic N) is 2. The zero-order valence-electron chi connectivity index (χ0n) is 14.2. The van der Waals surface area contributed by atoms with Gasteiger partial charge in [-0.1, -0.05) is 18.2 Å². The zero-order valence-corrected chi connectivity index (χ0v) is 15.0. The van der Waals surface area contributed by atoms with Crippen LogP contribution in [0.5, 0.6) is 0 Å². The van der Waals surface area contributed by atoms with Crippen molar-refractivity contribution in [2.24, 2.45) is 7.05 Å². The minimum Gasteiger partial charge on any atom is -0.395 e. The lowest BCUT2D eigenvalue weighted by Gasteiger charge is -2.22. The molecule has 0 saturated carbocycles. The van der Waals surface area contributed by atoms with Gasteiger partial charge in [0.15, 0.2) is 0 Å². The number of aromatic nitrogens is 1. The molecule has 130 valence electrons. The van der Waals surface area contributed by atoms with Crippen LogP contribution in [0.1, 0.15) is 20.8 Å². The number of thiophene rings is 1. The van der Waals surface area contributed by atoms with Gasteiger partial charge in [0.1, 0.15) is 0 Å². The highest BCUT2D eigenvalue weighted by molar-refractivity contribution is 7.10. The fourth-order valence-corrected chi connectivity index (χ4v) is 3.79. The summed E-state index contributed by atoms with van der Waals surface area (Å²) in [5.74, 6) is -0.240. The standard InChI is InChI=1S/C19H20N2O3S/c1-13-7-10-25-17(13)12-21(8-9-22)19(24)15-11-18(23)20(2)16-6-4-3-5-14(15)16/h3-7,10-11,22H,8-9,12H2,1-2H3. The van der Waals surface area contributed by atoms with E-state index in [0.29, 0.717) is 12.1 Å². The second-order valence-electron chi connectivity index (χ2n) is 5.95. The third-order valence-electron chi connectivity index (χ3n) is 4.34. The van der Waals surface area contributed by atoms with E-state index in [9.17, 15) is 14.7 Å². The highest BCUT2D eigenvalue weighted by atomic mass is 32.1. The third kappa shape index (κ3) is 3.36. The summed E-state index contributed by atoms with van der Waals surface area (Å²) in [6, 6.07) is 10.8. The van der Waals surface area contributed by atoms with E-state index in [1.165, 1.54) is 10.6 Å². The van der Waals surface area contributed by atoms with E-state index in [-0.39, 0.29) is 24.6 Å². The van der Waals surface area contributed by atoms with Crippen LogP contribution in [-0.4, -0.2) is 33.6 Å². The molecule has 5 nitrogen and oxygen atoms in total. The molecule has 0 aliphatic carbocycles. The molecule has 0 radical (unpaired) electrons. The van der Waals surface area contributed by atoms with Gasteiger partial charge in [-0.05, 0) is 30.0 Å². The van der Waals surface area contributed by atoms with Crippen LogP contribution >= 0.6 is 11.3 Å². The molecule has 25 heavy (non-hydrogen) atoms. The second-order valence-corrected chi connectivity index (χ2v) is 6.95. The van der Waals surface area contributed by atoms with E-state index in [1.807, 2.05) is 42.6 Å². The van der Waals surface area contributed by atoms with Crippen molar-refractivity contribution < 1.29 is 9.90 Å². The van der Waals surface area contributed by atoms with Gasteiger partial charge in [-0.15, -0.1) is 11.3 Å². The molecular formula is C19H20N2O3S. The third-order valence-corrected chi connectivity index (χ3v) is 5.35. The van der Waals surface area contributed by atoms with Crippen LogP contribution < -0.4 is 5.56 Å². The van der Waals surface area contributed by atoms with Gasteiger partial charge in [-0.2, -0.15) is 0 Å². The molecular weight excluding hydrogens is 336 g/mol. The number of aryl methyl sites for hydroxylation is 2. The Hall–Kier alpha value is -2.44. The fraction of sp³-hybridized carbons (Fsp3) is 0.263. The number of amides is 1. The number of para-hydroxylation sites is 1. The molecule has 0 aliphatic heterocycles. The Morgan fingerprint density at radius 3 is 2.72 bits per heavy atom. The number of aliphatic hydroxyl groups is 1. The van der Waals surface area contributed by atoms with Crippen LogP contribution in [0.15, 0.2) is 46.6 Å². The Morgan fingerprint density at radius 2 is 2.04 bits per heavy atom. The van der Waals surface area contributed by atoms with Crippen molar-refractivity contribution in [1.29, 1.82) is 0 Å². The number of rotatable bonds is 5. The van der Waals surface area contributed by atoms with Crippen molar-refractivity contribution in [2.75, 3.05) is 13.2 Å².